The Hall–Kier alpha value is -0.440. The highest BCUT2D eigenvalue weighted by Crippen LogP contribution is 2.24. The van der Waals surface area contributed by atoms with Crippen molar-refractivity contribution < 1.29 is 9.84 Å². The number of hydrogen-bond acceptors (Lipinski definition) is 2. The third-order valence-electron chi connectivity index (χ3n) is 1.33. The molecular weight excluding hydrogens is 211 g/mol. The molecule has 72 valence electrons. The lowest BCUT2D eigenvalue weighted by Crippen LogP contribution is -2.12. The van der Waals surface area contributed by atoms with Crippen LogP contribution in [0.4, 0.5) is 0 Å². The van der Waals surface area contributed by atoms with Gasteiger partial charge in [-0.05, 0) is 25.1 Å². The molecule has 1 rings (SSSR count). The molecule has 1 aromatic carbocycles. The maximum Gasteiger partial charge on any atom is 0.122 e. The zero-order chi connectivity index (χ0) is 9.84. The van der Waals surface area contributed by atoms with Crippen LogP contribution in [0.15, 0.2) is 18.2 Å². The molecule has 2 nitrogen and oxygen atoms in total. The van der Waals surface area contributed by atoms with Crippen LogP contribution in [0, 0.1) is 0 Å². The van der Waals surface area contributed by atoms with Gasteiger partial charge in [0.05, 0.1) is 6.10 Å². The Labute approximate surface area is 87.0 Å². The number of ether oxygens (including phenoxy) is 1. The zero-order valence-electron chi connectivity index (χ0n) is 7.13. The molecular formula is C9H10Cl2O2. The molecule has 0 aromatic heterocycles. The minimum absolute atomic E-state index is 0.233. The van der Waals surface area contributed by atoms with E-state index in [0.717, 1.165) is 0 Å². The molecule has 1 aromatic rings. The van der Waals surface area contributed by atoms with Crippen LogP contribution in [-0.4, -0.2) is 17.8 Å². The highest BCUT2D eigenvalue weighted by molar-refractivity contribution is 6.34. The third kappa shape index (κ3) is 3.85. The average molecular weight is 221 g/mol. The molecule has 0 heterocycles. The van der Waals surface area contributed by atoms with E-state index >= 15 is 0 Å². The molecule has 4 heteroatoms. The van der Waals surface area contributed by atoms with Gasteiger partial charge in [0, 0.05) is 10.0 Å². The fourth-order valence-corrected chi connectivity index (χ4v) is 1.33. The first-order valence-corrected chi connectivity index (χ1v) is 4.60. The second-order valence-corrected chi connectivity index (χ2v) is 3.64. The summed E-state index contributed by atoms with van der Waals surface area (Å²) < 4.78 is 5.21. The quantitative estimate of drug-likeness (QED) is 0.850. The summed E-state index contributed by atoms with van der Waals surface area (Å²) >= 11 is 11.5. The van der Waals surface area contributed by atoms with Gasteiger partial charge in [0.2, 0.25) is 0 Å². The number of rotatable bonds is 3. The minimum atomic E-state index is -0.502. The van der Waals surface area contributed by atoms with Crippen molar-refractivity contribution >= 4 is 23.2 Å². The van der Waals surface area contributed by atoms with Gasteiger partial charge < -0.3 is 9.84 Å². The van der Waals surface area contributed by atoms with Crippen molar-refractivity contribution in [1.29, 1.82) is 0 Å². The van der Waals surface area contributed by atoms with Gasteiger partial charge in [-0.2, -0.15) is 0 Å². The van der Waals surface area contributed by atoms with Crippen LogP contribution in [-0.2, 0) is 0 Å². The molecule has 0 radical (unpaired) electrons. The van der Waals surface area contributed by atoms with Gasteiger partial charge in [-0.25, -0.2) is 0 Å². The van der Waals surface area contributed by atoms with Crippen molar-refractivity contribution in [2.75, 3.05) is 6.61 Å². The van der Waals surface area contributed by atoms with Crippen LogP contribution in [0.3, 0.4) is 0 Å². The summed E-state index contributed by atoms with van der Waals surface area (Å²) in [6.07, 6.45) is -0.502. The number of hydrogen-bond donors (Lipinski definition) is 1. The summed E-state index contributed by atoms with van der Waals surface area (Å²) in [5, 5.41) is 10.0. The smallest absolute Gasteiger partial charge is 0.122 e. The van der Waals surface area contributed by atoms with Gasteiger partial charge in [0.15, 0.2) is 0 Å². The van der Waals surface area contributed by atoms with Crippen molar-refractivity contribution in [3.63, 3.8) is 0 Å². The molecule has 0 aliphatic carbocycles. The monoisotopic (exact) mass is 220 g/mol. The molecule has 0 saturated carbocycles. The number of benzene rings is 1. The fourth-order valence-electron chi connectivity index (χ4n) is 0.829. The lowest BCUT2D eigenvalue weighted by atomic mass is 10.3. The van der Waals surface area contributed by atoms with Crippen LogP contribution in [0.1, 0.15) is 6.92 Å². The Morgan fingerprint density at radius 3 is 2.31 bits per heavy atom. The van der Waals surface area contributed by atoms with Gasteiger partial charge in [0.1, 0.15) is 12.4 Å². The van der Waals surface area contributed by atoms with Crippen molar-refractivity contribution in [1.82, 2.24) is 0 Å². The van der Waals surface area contributed by atoms with Crippen LogP contribution in [0.25, 0.3) is 0 Å². The molecule has 0 amide bonds. The Kier molecular flexibility index (Phi) is 3.85. The Bertz CT molecular complexity index is 267. The number of aliphatic hydroxyl groups is 1. The first-order chi connectivity index (χ1) is 6.08. The topological polar surface area (TPSA) is 29.5 Å². The summed E-state index contributed by atoms with van der Waals surface area (Å²) in [5.41, 5.74) is 0. The molecule has 0 bridgehead atoms. The van der Waals surface area contributed by atoms with Crippen molar-refractivity contribution in [2.45, 2.75) is 13.0 Å². The van der Waals surface area contributed by atoms with Gasteiger partial charge in [-0.1, -0.05) is 23.2 Å². The molecule has 1 atom stereocenters. The van der Waals surface area contributed by atoms with Crippen molar-refractivity contribution in [2.24, 2.45) is 0 Å². The molecule has 0 saturated heterocycles. The Balaban J connectivity index is 2.66. The van der Waals surface area contributed by atoms with Crippen LogP contribution in [0.2, 0.25) is 10.0 Å². The maximum atomic E-state index is 8.96. The molecule has 0 spiro atoms. The van der Waals surface area contributed by atoms with Crippen LogP contribution in [0.5, 0.6) is 5.75 Å². The fraction of sp³-hybridized carbons (Fsp3) is 0.333. The molecule has 0 aliphatic heterocycles. The molecule has 1 unspecified atom stereocenters. The predicted molar refractivity (Wildman–Crippen MR) is 53.6 cm³/mol. The van der Waals surface area contributed by atoms with E-state index in [2.05, 4.69) is 0 Å². The first kappa shape index (κ1) is 10.6. The first-order valence-electron chi connectivity index (χ1n) is 3.85. The van der Waals surface area contributed by atoms with Gasteiger partial charge in [0.25, 0.3) is 0 Å². The van der Waals surface area contributed by atoms with E-state index < -0.39 is 6.10 Å². The molecule has 0 aliphatic rings. The molecule has 13 heavy (non-hydrogen) atoms. The van der Waals surface area contributed by atoms with E-state index in [-0.39, 0.29) is 6.61 Å². The van der Waals surface area contributed by atoms with E-state index in [1.165, 1.54) is 0 Å². The Morgan fingerprint density at radius 1 is 1.31 bits per heavy atom. The lowest BCUT2D eigenvalue weighted by molar-refractivity contribution is 0.123. The van der Waals surface area contributed by atoms with Gasteiger partial charge in [-0.3, -0.25) is 0 Å². The average Bonchev–Trinajstić information content (AvgIpc) is 1.99. The standard InChI is InChI=1S/C9H10Cl2O2/c1-6(12)5-13-9-3-7(10)2-8(11)4-9/h2-4,6,12H,5H2,1H3. The minimum Gasteiger partial charge on any atom is -0.491 e. The molecule has 1 N–H and O–H groups in total. The van der Waals surface area contributed by atoms with E-state index in [1.54, 1.807) is 25.1 Å². The second-order valence-electron chi connectivity index (χ2n) is 2.77. The highest BCUT2D eigenvalue weighted by Gasteiger charge is 2.00. The van der Waals surface area contributed by atoms with E-state index in [4.69, 9.17) is 33.0 Å². The summed E-state index contributed by atoms with van der Waals surface area (Å²) in [6.45, 7) is 1.88. The number of aliphatic hydroxyl groups excluding tert-OH is 1. The van der Waals surface area contributed by atoms with Crippen molar-refractivity contribution in [3.05, 3.63) is 28.2 Å². The predicted octanol–water partition coefficient (Wildman–Crippen LogP) is 2.75. The summed E-state index contributed by atoms with van der Waals surface area (Å²) in [4.78, 5) is 0. The largest absolute Gasteiger partial charge is 0.491 e. The summed E-state index contributed by atoms with van der Waals surface area (Å²) in [7, 11) is 0. The molecule has 0 fully saturated rings. The van der Waals surface area contributed by atoms with Gasteiger partial charge >= 0.3 is 0 Å². The Morgan fingerprint density at radius 2 is 1.85 bits per heavy atom. The van der Waals surface area contributed by atoms with E-state index in [0.29, 0.717) is 15.8 Å². The normalized spacial score (nSPS) is 12.6. The third-order valence-corrected chi connectivity index (χ3v) is 1.76. The number of halogens is 2. The summed E-state index contributed by atoms with van der Waals surface area (Å²) in [5.74, 6) is 0.568. The lowest BCUT2D eigenvalue weighted by Gasteiger charge is -2.08. The van der Waals surface area contributed by atoms with E-state index in [1.807, 2.05) is 0 Å². The van der Waals surface area contributed by atoms with E-state index in [9.17, 15) is 0 Å². The van der Waals surface area contributed by atoms with Crippen LogP contribution >= 0.6 is 23.2 Å². The maximum absolute atomic E-state index is 8.96. The highest BCUT2D eigenvalue weighted by atomic mass is 35.5. The van der Waals surface area contributed by atoms with Crippen LogP contribution < -0.4 is 4.74 Å². The van der Waals surface area contributed by atoms with Crippen molar-refractivity contribution in [3.8, 4) is 5.75 Å². The zero-order valence-corrected chi connectivity index (χ0v) is 8.64. The summed E-state index contributed by atoms with van der Waals surface area (Å²) in [6, 6.07) is 4.92. The van der Waals surface area contributed by atoms with Gasteiger partial charge in [-0.15, -0.1) is 0 Å². The second kappa shape index (κ2) is 4.70. The SMILES string of the molecule is CC(O)COc1cc(Cl)cc(Cl)c1.